The lowest BCUT2D eigenvalue weighted by molar-refractivity contribution is 0.0576. The standard InChI is InChI=1S/C24H27N9O2/c1-23(2,35)13-33-12-14(9-30-33)21(34)32-22(27)24(3,15-4-5-15)16-6-7-17(28-10-16)19-11-29-20(26)18(8-25)31-19/h6-7,9-12,15,35H,4-5,13H2,1-3H3,(H2,26,29)(H2,27,32,34). The third-order valence-corrected chi connectivity index (χ3v) is 6.11. The summed E-state index contributed by atoms with van der Waals surface area (Å²) in [5.74, 6) is -0.00414. The molecule has 180 valence electrons. The van der Waals surface area contributed by atoms with Gasteiger partial charge < -0.3 is 16.6 Å². The van der Waals surface area contributed by atoms with Crippen molar-refractivity contribution >= 4 is 17.6 Å². The first-order valence-electron chi connectivity index (χ1n) is 11.1. The average Bonchev–Trinajstić information content (AvgIpc) is 3.57. The minimum Gasteiger partial charge on any atom is -0.389 e. The molecule has 1 atom stereocenters. The van der Waals surface area contributed by atoms with Gasteiger partial charge in [0.05, 0.1) is 41.2 Å². The number of hydrogen-bond donors (Lipinski definition) is 3. The summed E-state index contributed by atoms with van der Waals surface area (Å²) in [5.41, 5.74) is 12.5. The van der Waals surface area contributed by atoms with E-state index in [1.807, 2.05) is 19.1 Å². The number of rotatable bonds is 7. The van der Waals surface area contributed by atoms with Crippen LogP contribution >= 0.6 is 0 Å². The normalized spacial score (nSPS) is 15.9. The predicted molar refractivity (Wildman–Crippen MR) is 129 cm³/mol. The number of aliphatic imine (C=N–C) groups is 1. The lowest BCUT2D eigenvalue weighted by atomic mass is 9.77. The highest BCUT2D eigenvalue weighted by Crippen LogP contribution is 2.47. The van der Waals surface area contributed by atoms with Crippen LogP contribution < -0.4 is 11.5 Å². The molecule has 4 rings (SSSR count). The molecule has 3 aromatic heterocycles. The van der Waals surface area contributed by atoms with Gasteiger partial charge >= 0.3 is 0 Å². The number of nitrogens with zero attached hydrogens (tertiary/aromatic N) is 7. The second-order valence-corrected chi connectivity index (χ2v) is 9.55. The van der Waals surface area contributed by atoms with Gasteiger partial charge in [-0.25, -0.2) is 9.97 Å². The van der Waals surface area contributed by atoms with Gasteiger partial charge in [0.15, 0.2) is 11.5 Å². The Labute approximate surface area is 202 Å². The highest BCUT2D eigenvalue weighted by Gasteiger charge is 2.46. The van der Waals surface area contributed by atoms with Crippen molar-refractivity contribution < 1.29 is 9.90 Å². The fourth-order valence-electron chi connectivity index (χ4n) is 3.96. The maximum absolute atomic E-state index is 12.8. The van der Waals surface area contributed by atoms with Gasteiger partial charge in [-0.1, -0.05) is 6.07 Å². The average molecular weight is 474 g/mol. The molecule has 1 unspecified atom stereocenters. The van der Waals surface area contributed by atoms with E-state index in [1.165, 1.54) is 17.1 Å². The zero-order chi connectivity index (χ0) is 25.4. The zero-order valence-electron chi connectivity index (χ0n) is 19.8. The second kappa shape index (κ2) is 8.88. The van der Waals surface area contributed by atoms with E-state index in [4.69, 9.17) is 16.7 Å². The molecule has 0 saturated heterocycles. The van der Waals surface area contributed by atoms with Crippen LogP contribution in [0.2, 0.25) is 0 Å². The maximum atomic E-state index is 12.8. The Hall–Kier alpha value is -4.17. The Bertz CT molecular complexity index is 1330. The quantitative estimate of drug-likeness (QED) is 0.340. The molecule has 1 amide bonds. The summed E-state index contributed by atoms with van der Waals surface area (Å²) in [6, 6.07) is 5.56. The van der Waals surface area contributed by atoms with Crippen molar-refractivity contribution in [1.29, 1.82) is 5.26 Å². The summed E-state index contributed by atoms with van der Waals surface area (Å²) < 4.78 is 1.50. The summed E-state index contributed by atoms with van der Waals surface area (Å²) in [4.78, 5) is 29.8. The molecular weight excluding hydrogens is 446 g/mol. The van der Waals surface area contributed by atoms with Crippen LogP contribution in [0.4, 0.5) is 5.82 Å². The van der Waals surface area contributed by atoms with Crippen molar-refractivity contribution in [1.82, 2.24) is 24.7 Å². The predicted octanol–water partition coefficient (Wildman–Crippen LogP) is 1.83. The largest absolute Gasteiger partial charge is 0.389 e. The van der Waals surface area contributed by atoms with Gasteiger partial charge in [-0.15, -0.1) is 0 Å². The van der Waals surface area contributed by atoms with Crippen molar-refractivity contribution in [2.75, 3.05) is 5.73 Å². The number of amidine groups is 1. The van der Waals surface area contributed by atoms with Crippen LogP contribution in [0.25, 0.3) is 11.4 Å². The maximum Gasteiger partial charge on any atom is 0.281 e. The van der Waals surface area contributed by atoms with Crippen molar-refractivity contribution in [3.05, 3.63) is 53.7 Å². The molecule has 1 aliphatic rings. The summed E-state index contributed by atoms with van der Waals surface area (Å²) in [5, 5.41) is 23.3. The fourth-order valence-corrected chi connectivity index (χ4v) is 3.96. The number of aromatic nitrogens is 5. The number of aliphatic hydroxyl groups is 1. The molecule has 35 heavy (non-hydrogen) atoms. The Balaban J connectivity index is 1.60. The summed E-state index contributed by atoms with van der Waals surface area (Å²) in [6.07, 6.45) is 8.03. The van der Waals surface area contributed by atoms with E-state index in [1.54, 1.807) is 32.3 Å². The topological polar surface area (TPSA) is 182 Å². The van der Waals surface area contributed by atoms with E-state index in [9.17, 15) is 9.90 Å². The van der Waals surface area contributed by atoms with Gasteiger partial charge in [0.2, 0.25) is 0 Å². The van der Waals surface area contributed by atoms with E-state index in [2.05, 4.69) is 25.0 Å². The molecule has 11 heteroatoms. The Morgan fingerprint density at radius 3 is 2.57 bits per heavy atom. The smallest absolute Gasteiger partial charge is 0.281 e. The van der Waals surface area contributed by atoms with Gasteiger partial charge in [0.1, 0.15) is 17.6 Å². The summed E-state index contributed by atoms with van der Waals surface area (Å²) in [7, 11) is 0. The Morgan fingerprint density at radius 2 is 1.97 bits per heavy atom. The molecule has 0 radical (unpaired) electrons. The van der Waals surface area contributed by atoms with Crippen molar-refractivity contribution in [3.8, 4) is 17.5 Å². The molecule has 3 heterocycles. The number of hydrogen-bond acceptors (Lipinski definition) is 8. The van der Waals surface area contributed by atoms with Crippen LogP contribution in [0.15, 0.2) is 41.9 Å². The van der Waals surface area contributed by atoms with E-state index >= 15 is 0 Å². The van der Waals surface area contributed by atoms with Gasteiger partial charge in [0, 0.05) is 12.4 Å². The van der Waals surface area contributed by atoms with Crippen LogP contribution in [0.3, 0.4) is 0 Å². The van der Waals surface area contributed by atoms with E-state index in [0.717, 1.165) is 18.4 Å². The molecular formula is C24H27N9O2. The molecule has 5 N–H and O–H groups in total. The number of carbonyl (C=O) groups excluding carboxylic acids is 1. The monoisotopic (exact) mass is 473 g/mol. The minimum absolute atomic E-state index is 0.0389. The second-order valence-electron chi connectivity index (χ2n) is 9.55. The SMILES string of the molecule is CC(C)(O)Cn1cc(C(=O)N=C(N)C(C)(c2ccc(-c3cnc(N)c(C#N)n3)nc2)C2CC2)cn1. The minimum atomic E-state index is -0.966. The first-order chi connectivity index (χ1) is 16.5. The zero-order valence-corrected chi connectivity index (χ0v) is 19.8. The molecule has 0 bridgehead atoms. The number of pyridine rings is 1. The van der Waals surface area contributed by atoms with Crippen LogP contribution in [-0.2, 0) is 12.0 Å². The molecule has 1 aliphatic carbocycles. The number of nitrogens with two attached hydrogens (primary N) is 2. The Morgan fingerprint density at radius 1 is 1.23 bits per heavy atom. The third kappa shape index (κ3) is 5.02. The van der Waals surface area contributed by atoms with Crippen LogP contribution in [0, 0.1) is 17.2 Å². The van der Waals surface area contributed by atoms with E-state index < -0.39 is 16.9 Å². The van der Waals surface area contributed by atoms with Crippen molar-refractivity contribution in [2.45, 2.75) is 51.2 Å². The Kier molecular flexibility index (Phi) is 6.08. The molecule has 11 nitrogen and oxygen atoms in total. The summed E-state index contributed by atoms with van der Waals surface area (Å²) in [6.45, 7) is 5.53. The number of amides is 1. The molecule has 0 aromatic carbocycles. The van der Waals surface area contributed by atoms with Gasteiger partial charge in [-0.3, -0.25) is 14.5 Å². The highest BCUT2D eigenvalue weighted by atomic mass is 16.3. The van der Waals surface area contributed by atoms with Crippen LogP contribution in [0.5, 0.6) is 0 Å². The first-order valence-corrected chi connectivity index (χ1v) is 11.1. The number of anilines is 1. The van der Waals surface area contributed by atoms with Crippen LogP contribution in [-0.4, -0.2) is 47.2 Å². The van der Waals surface area contributed by atoms with Gasteiger partial charge in [-0.2, -0.15) is 15.4 Å². The molecule has 0 spiro atoms. The first kappa shape index (κ1) is 24.0. The highest BCUT2D eigenvalue weighted by molar-refractivity contribution is 6.06. The lowest BCUT2D eigenvalue weighted by Gasteiger charge is -2.29. The van der Waals surface area contributed by atoms with Crippen molar-refractivity contribution in [2.24, 2.45) is 16.6 Å². The van der Waals surface area contributed by atoms with Crippen LogP contribution in [0.1, 0.15) is 55.2 Å². The molecule has 3 aromatic rings. The lowest BCUT2D eigenvalue weighted by Crippen LogP contribution is -2.41. The van der Waals surface area contributed by atoms with E-state index in [0.29, 0.717) is 17.0 Å². The molecule has 1 saturated carbocycles. The van der Waals surface area contributed by atoms with Gasteiger partial charge in [-0.05, 0) is 51.2 Å². The molecule has 0 aliphatic heterocycles. The van der Waals surface area contributed by atoms with E-state index in [-0.39, 0.29) is 29.8 Å². The molecule has 1 fully saturated rings. The number of nitrogen functional groups attached to an aromatic ring is 1. The number of carbonyl (C=O) groups is 1. The summed E-state index contributed by atoms with van der Waals surface area (Å²) >= 11 is 0. The van der Waals surface area contributed by atoms with Crippen molar-refractivity contribution in [3.63, 3.8) is 0 Å². The number of nitriles is 1. The van der Waals surface area contributed by atoms with Gasteiger partial charge in [0.25, 0.3) is 5.91 Å². The fraction of sp³-hybridized carbons (Fsp3) is 0.375. The third-order valence-electron chi connectivity index (χ3n) is 6.11.